The van der Waals surface area contributed by atoms with E-state index in [1.807, 2.05) is 66.8 Å². The Morgan fingerprint density at radius 1 is 1.24 bits per heavy atom. The molecule has 1 aliphatic rings. The third-order valence-corrected chi connectivity index (χ3v) is 5.80. The summed E-state index contributed by atoms with van der Waals surface area (Å²) < 4.78 is 1.63. The van der Waals surface area contributed by atoms with Crippen molar-refractivity contribution in [2.75, 3.05) is 5.32 Å². The molecule has 2 aromatic heterocycles. The van der Waals surface area contributed by atoms with Crippen LogP contribution in [-0.4, -0.2) is 30.9 Å². The summed E-state index contributed by atoms with van der Waals surface area (Å²) >= 11 is 0. The van der Waals surface area contributed by atoms with Gasteiger partial charge in [-0.25, -0.2) is 9.78 Å². The first-order valence-corrected chi connectivity index (χ1v) is 11.0. The molecular weight excluding hydrogens is 430 g/mol. The van der Waals surface area contributed by atoms with E-state index in [9.17, 15) is 9.90 Å². The lowest BCUT2D eigenvalue weighted by Crippen LogP contribution is -2.28. The fourth-order valence-corrected chi connectivity index (χ4v) is 4.08. The van der Waals surface area contributed by atoms with E-state index in [0.717, 1.165) is 16.6 Å². The molecule has 0 fully saturated rings. The first kappa shape index (κ1) is 21.5. The normalized spacial score (nSPS) is 15.4. The molecule has 2 heterocycles. The van der Waals surface area contributed by atoms with Gasteiger partial charge in [0, 0.05) is 30.9 Å². The quantitative estimate of drug-likeness (QED) is 0.311. The van der Waals surface area contributed by atoms with E-state index in [0.29, 0.717) is 41.6 Å². The molecule has 2 amide bonds. The van der Waals surface area contributed by atoms with Crippen LogP contribution < -0.4 is 16.4 Å². The van der Waals surface area contributed by atoms with Crippen LogP contribution in [0.15, 0.2) is 72.5 Å². The molecule has 9 nitrogen and oxygen atoms in total. The summed E-state index contributed by atoms with van der Waals surface area (Å²) in [6.07, 6.45) is 6.25. The van der Waals surface area contributed by atoms with Crippen molar-refractivity contribution in [1.29, 1.82) is 0 Å². The highest BCUT2D eigenvalue weighted by atomic mass is 16.3. The molecule has 0 radical (unpaired) electrons. The zero-order valence-electron chi connectivity index (χ0n) is 18.6. The lowest BCUT2D eigenvalue weighted by atomic mass is 9.95. The topological polar surface area (TPSA) is 134 Å². The summed E-state index contributed by atoms with van der Waals surface area (Å²) in [5.41, 5.74) is 10.9. The summed E-state index contributed by atoms with van der Waals surface area (Å²) in [5.74, 6) is 0.496. The highest BCUT2D eigenvalue weighted by Gasteiger charge is 2.25. The van der Waals surface area contributed by atoms with Gasteiger partial charge in [-0.3, -0.25) is 4.68 Å². The molecule has 0 spiro atoms. The van der Waals surface area contributed by atoms with Crippen molar-refractivity contribution in [3.8, 4) is 17.3 Å². The molecule has 172 valence electrons. The number of nitrogens with one attached hydrogen (secondary N) is 3. The Kier molecular flexibility index (Phi) is 5.60. The number of imidazole rings is 1. The summed E-state index contributed by atoms with van der Waals surface area (Å²) in [6, 6.07) is 14.7. The smallest absolute Gasteiger partial charge is 0.323 e. The van der Waals surface area contributed by atoms with E-state index in [-0.39, 0.29) is 17.7 Å². The van der Waals surface area contributed by atoms with Gasteiger partial charge in [0.05, 0.1) is 11.0 Å². The molecule has 0 saturated carbocycles. The molecule has 34 heavy (non-hydrogen) atoms. The van der Waals surface area contributed by atoms with Crippen molar-refractivity contribution >= 4 is 22.8 Å². The Labute approximate surface area is 196 Å². The maximum absolute atomic E-state index is 12.2. The van der Waals surface area contributed by atoms with Crippen LogP contribution in [0.5, 0.6) is 5.75 Å². The van der Waals surface area contributed by atoms with Gasteiger partial charge in [-0.05, 0) is 42.3 Å². The standard InChI is InChI=1S/C25H25N7O2/c1-32-22(24-29-19-12-7-15(14-26)13-20(19)30-24)23(33)21(31-32)16-8-10-18(11-9-16)28-25(34)27-17-5-3-2-4-6-17/h2-8,10-13,16,33H,9,14,26H2,1H3,(H,29,30)(H2,27,28,34). The minimum atomic E-state index is -0.314. The van der Waals surface area contributed by atoms with Crippen LogP contribution in [0, 0.1) is 0 Å². The van der Waals surface area contributed by atoms with Crippen LogP contribution >= 0.6 is 0 Å². The lowest BCUT2D eigenvalue weighted by Gasteiger charge is -2.16. The number of aromatic hydroxyl groups is 1. The number of hydrogen-bond donors (Lipinski definition) is 5. The van der Waals surface area contributed by atoms with Crippen LogP contribution in [0.25, 0.3) is 22.6 Å². The summed E-state index contributed by atoms with van der Waals surface area (Å²) in [7, 11) is 1.78. The Bertz CT molecular complexity index is 1420. The highest BCUT2D eigenvalue weighted by molar-refractivity contribution is 5.90. The van der Waals surface area contributed by atoms with E-state index in [2.05, 4.69) is 25.7 Å². The third kappa shape index (κ3) is 4.16. The largest absolute Gasteiger partial charge is 0.504 e. The average molecular weight is 456 g/mol. The molecule has 6 N–H and O–H groups in total. The maximum atomic E-state index is 12.2. The number of anilines is 1. The number of amides is 2. The number of carbonyl (C=O) groups is 1. The van der Waals surface area contributed by atoms with E-state index in [1.165, 1.54) is 0 Å². The van der Waals surface area contributed by atoms with E-state index < -0.39 is 0 Å². The minimum absolute atomic E-state index is 0.0851. The first-order chi connectivity index (χ1) is 16.5. The number of fused-ring (bicyclic) bond motifs is 1. The van der Waals surface area contributed by atoms with Crippen molar-refractivity contribution < 1.29 is 9.90 Å². The molecule has 4 aromatic rings. The Morgan fingerprint density at radius 3 is 2.79 bits per heavy atom. The predicted molar refractivity (Wildman–Crippen MR) is 131 cm³/mol. The first-order valence-electron chi connectivity index (χ1n) is 11.0. The Balaban J connectivity index is 1.31. The zero-order chi connectivity index (χ0) is 23.7. The van der Waals surface area contributed by atoms with Crippen LogP contribution in [0.2, 0.25) is 0 Å². The summed E-state index contributed by atoms with van der Waals surface area (Å²) in [5, 5.41) is 21.2. The van der Waals surface area contributed by atoms with Gasteiger partial charge in [0.15, 0.2) is 11.6 Å². The summed E-state index contributed by atoms with van der Waals surface area (Å²) in [6.45, 7) is 0.442. The Hall–Kier alpha value is -4.37. The predicted octanol–water partition coefficient (Wildman–Crippen LogP) is 3.88. The fourth-order valence-electron chi connectivity index (χ4n) is 4.08. The number of urea groups is 1. The number of aromatic nitrogens is 4. The van der Waals surface area contributed by atoms with Crippen LogP contribution in [0.4, 0.5) is 10.5 Å². The molecule has 1 unspecified atom stereocenters. The van der Waals surface area contributed by atoms with Crippen molar-refractivity contribution in [1.82, 2.24) is 25.1 Å². The van der Waals surface area contributed by atoms with E-state index in [1.54, 1.807) is 11.7 Å². The van der Waals surface area contributed by atoms with Crippen molar-refractivity contribution in [3.05, 3.63) is 83.7 Å². The number of H-pyrrole nitrogens is 1. The molecule has 0 bridgehead atoms. The number of benzene rings is 2. The molecule has 5 rings (SSSR count). The second-order valence-electron chi connectivity index (χ2n) is 8.15. The number of aromatic amines is 1. The highest BCUT2D eigenvalue weighted by Crippen LogP contribution is 2.38. The van der Waals surface area contributed by atoms with Gasteiger partial charge in [-0.2, -0.15) is 5.10 Å². The van der Waals surface area contributed by atoms with Gasteiger partial charge >= 0.3 is 6.03 Å². The SMILES string of the molecule is Cn1nc(C2C=CC(NC(=O)Nc3ccccc3)=CC2)c(O)c1-c1nc2ccc(CN)cc2[nH]1. The monoisotopic (exact) mass is 455 g/mol. The van der Waals surface area contributed by atoms with Crippen LogP contribution in [0.3, 0.4) is 0 Å². The van der Waals surface area contributed by atoms with Gasteiger partial charge in [-0.1, -0.05) is 36.4 Å². The lowest BCUT2D eigenvalue weighted by molar-refractivity contribution is 0.254. The van der Waals surface area contributed by atoms with Crippen molar-refractivity contribution in [2.45, 2.75) is 18.9 Å². The number of aryl methyl sites for hydroxylation is 1. The van der Waals surface area contributed by atoms with Crippen LogP contribution in [-0.2, 0) is 13.6 Å². The summed E-state index contributed by atoms with van der Waals surface area (Å²) in [4.78, 5) is 20.1. The minimum Gasteiger partial charge on any atom is -0.504 e. The van der Waals surface area contributed by atoms with Crippen molar-refractivity contribution in [3.63, 3.8) is 0 Å². The zero-order valence-corrected chi connectivity index (χ0v) is 18.6. The molecule has 0 aliphatic heterocycles. The van der Waals surface area contributed by atoms with Crippen LogP contribution in [0.1, 0.15) is 23.6 Å². The molecule has 1 aliphatic carbocycles. The molecule has 2 aromatic carbocycles. The number of nitrogens with zero attached hydrogens (tertiary/aromatic N) is 3. The molecular formula is C25H25N7O2. The third-order valence-electron chi connectivity index (χ3n) is 5.80. The number of allylic oxidation sites excluding steroid dienone is 3. The number of hydrogen-bond acceptors (Lipinski definition) is 5. The molecule has 0 saturated heterocycles. The van der Waals surface area contributed by atoms with E-state index in [4.69, 9.17) is 5.73 Å². The number of para-hydroxylation sites is 1. The van der Waals surface area contributed by atoms with Gasteiger partial charge in [0.2, 0.25) is 0 Å². The van der Waals surface area contributed by atoms with Gasteiger partial charge in [0.1, 0.15) is 11.4 Å². The van der Waals surface area contributed by atoms with Gasteiger partial charge in [0.25, 0.3) is 0 Å². The van der Waals surface area contributed by atoms with E-state index >= 15 is 0 Å². The maximum Gasteiger partial charge on any atom is 0.323 e. The van der Waals surface area contributed by atoms with Crippen molar-refractivity contribution in [2.24, 2.45) is 12.8 Å². The second-order valence-corrected chi connectivity index (χ2v) is 8.15. The van der Waals surface area contributed by atoms with Gasteiger partial charge < -0.3 is 26.5 Å². The molecule has 9 heteroatoms. The average Bonchev–Trinajstić information content (AvgIpc) is 3.39. The number of carbonyl (C=O) groups excluding carboxylic acids is 1. The van der Waals surface area contributed by atoms with Gasteiger partial charge in [-0.15, -0.1) is 0 Å². The fraction of sp³-hybridized carbons (Fsp3) is 0.160. The number of rotatable bonds is 5. The second kappa shape index (κ2) is 8.87. The molecule has 1 atom stereocenters. The Morgan fingerprint density at radius 2 is 2.06 bits per heavy atom. The number of nitrogens with two attached hydrogens (primary N) is 1.